The largest absolute Gasteiger partial charge is 0.482 e. The number of imide groups is 2. The minimum absolute atomic E-state index is 0.00116. The number of nitrogens with zero attached hydrogens (tertiary/aromatic N) is 5. The Kier molecular flexibility index (Phi) is 17.6. The van der Waals surface area contributed by atoms with E-state index in [4.69, 9.17) is 47.9 Å². The summed E-state index contributed by atoms with van der Waals surface area (Å²) in [6.45, 7) is 7.74. The molecule has 4 atom stereocenters. The maximum atomic E-state index is 14.1. The predicted octanol–water partition coefficient (Wildman–Crippen LogP) is 5.59. The first kappa shape index (κ1) is 52.6. The molecule has 0 aliphatic carbocycles. The van der Waals surface area contributed by atoms with Crippen LogP contribution in [0.5, 0.6) is 5.75 Å². The molecule has 2 unspecified atom stereocenters. The number of nitrogens with one attached hydrogen (secondary N) is 2. The number of aromatic nitrogens is 2. The van der Waals surface area contributed by atoms with Gasteiger partial charge in [-0.25, -0.2) is 4.39 Å². The normalized spacial score (nSPS) is 18.3. The fraction of sp³-hybridized carbons (Fsp3) is 0.396. The number of piperidine rings is 1. The van der Waals surface area contributed by atoms with Crippen molar-refractivity contribution in [2.75, 3.05) is 69.5 Å². The maximum absolute atomic E-state index is 14.1. The monoisotopic (exact) mass is 1040 g/mol. The van der Waals surface area contributed by atoms with Crippen LogP contribution in [0.15, 0.2) is 65.6 Å². The van der Waals surface area contributed by atoms with Gasteiger partial charge in [-0.05, 0) is 75.7 Å². The summed E-state index contributed by atoms with van der Waals surface area (Å²) in [5.41, 5.74) is 7.26. The Balaban J connectivity index is 0.764. The zero-order chi connectivity index (χ0) is 50.9. The smallest absolute Gasteiger partial charge is 0.276 e. The Bertz CT molecular complexity index is 2690. The molecule has 2 saturated heterocycles. The van der Waals surface area contributed by atoms with Gasteiger partial charge < -0.3 is 39.8 Å². The van der Waals surface area contributed by atoms with E-state index in [0.29, 0.717) is 61.4 Å². The Morgan fingerprint density at radius 2 is 1.58 bits per heavy atom. The lowest BCUT2D eigenvalue weighted by atomic mass is 10.0. The molecule has 4 N–H and O–H groups in total. The maximum Gasteiger partial charge on any atom is 0.276 e. The van der Waals surface area contributed by atoms with E-state index in [0.717, 1.165) is 11.0 Å². The molecule has 0 radical (unpaired) electrons. The molecule has 2 fully saturated rings. The van der Waals surface area contributed by atoms with Crippen LogP contribution in [0.25, 0.3) is 0 Å². The Morgan fingerprint density at radius 1 is 0.901 bits per heavy atom. The van der Waals surface area contributed by atoms with Gasteiger partial charge in [0, 0.05) is 70.1 Å². The van der Waals surface area contributed by atoms with Crippen LogP contribution in [0.1, 0.15) is 93.3 Å². The molecule has 71 heavy (non-hydrogen) atoms. The number of halogens is 3. The van der Waals surface area contributed by atoms with Crippen LogP contribution in [0.2, 0.25) is 10.0 Å². The predicted molar refractivity (Wildman–Crippen MR) is 259 cm³/mol. The summed E-state index contributed by atoms with van der Waals surface area (Å²) < 4.78 is 36.9. The summed E-state index contributed by atoms with van der Waals surface area (Å²) in [7, 11) is 0. The van der Waals surface area contributed by atoms with Crippen LogP contribution < -0.4 is 21.1 Å². The van der Waals surface area contributed by atoms with Crippen molar-refractivity contribution >= 4 is 87.8 Å². The van der Waals surface area contributed by atoms with Crippen molar-refractivity contribution in [2.45, 2.75) is 69.2 Å². The highest BCUT2D eigenvalue weighted by Gasteiger charge is 2.45. The number of benzene rings is 3. The Morgan fingerprint density at radius 3 is 2.27 bits per heavy atom. The van der Waals surface area contributed by atoms with Gasteiger partial charge in [-0.1, -0.05) is 29.3 Å². The van der Waals surface area contributed by atoms with E-state index < -0.39 is 47.5 Å². The third-order valence-corrected chi connectivity index (χ3v) is 13.5. The van der Waals surface area contributed by atoms with Crippen LogP contribution in [-0.4, -0.2) is 143 Å². The van der Waals surface area contributed by atoms with Gasteiger partial charge >= 0.3 is 0 Å². The Hall–Kier alpha value is -6.23. The molecule has 4 aromatic rings. The second-order valence-electron chi connectivity index (χ2n) is 16.8. The number of thioether (sulfide) groups is 1. The first-order valence-electron chi connectivity index (χ1n) is 22.7. The molecule has 4 heterocycles. The summed E-state index contributed by atoms with van der Waals surface area (Å²) in [6, 6.07) is 13.5. The van der Waals surface area contributed by atoms with E-state index in [1.54, 1.807) is 59.2 Å². The van der Waals surface area contributed by atoms with Crippen LogP contribution >= 0.6 is 35.0 Å². The lowest BCUT2D eigenvalue weighted by molar-refractivity contribution is -0.140. The highest BCUT2D eigenvalue weighted by molar-refractivity contribution is 7.99. The number of nitrogens with two attached hydrogens (primary N) is 1. The topological polar surface area (TPSA) is 242 Å². The molecular formula is C48H51Cl2FN8O11S. The SMILES string of the molecule is CC(Oc1cc(C(=O)Nc2ccc(C(=O)N3C[C@@H](C)N(C(=O)CCOCCOCCOCCSc4cccc5c4C(=O)N(C4CCC(=O)NC4=O)C5=O)[C@@H](C)C3)cc2)nnc1N)c1c(Cl)ccc(F)c1Cl. The zero-order valence-corrected chi connectivity index (χ0v) is 41.2. The van der Waals surface area contributed by atoms with E-state index in [2.05, 4.69) is 20.8 Å². The fourth-order valence-corrected chi connectivity index (χ4v) is 10.1. The molecule has 23 heteroatoms. The standard InChI is InChI=1S/C48H51Cl2FN8O11S/c1-26-24-57(46(64)29-7-9-30(10-8-29)53-44(62)34-23-36(43(52)56-55-34)70-28(3)40-32(49)11-12-33(51)42(40)50)25-27(2)58(26)39(61)15-16-67-17-18-68-19-20-69-21-22-71-37-6-4-5-31-41(37)48(66)59(47(31)65)35-13-14-38(60)54-45(35)63/h4-12,23,26-28,35H,13-22,24-25H2,1-3H3,(H2,52,56)(H,53,62)(H,54,60,63)/t26-,27+,28?,35?. The molecule has 0 bridgehead atoms. The number of carbonyl (C=O) groups excluding carboxylic acids is 7. The van der Waals surface area contributed by atoms with Gasteiger partial charge in [0.1, 0.15) is 18.0 Å². The number of fused-ring (bicyclic) bond motifs is 1. The molecule has 1 aromatic heterocycles. The van der Waals surface area contributed by atoms with E-state index in [9.17, 15) is 38.0 Å². The van der Waals surface area contributed by atoms with Crippen molar-refractivity contribution in [1.29, 1.82) is 0 Å². The summed E-state index contributed by atoms with van der Waals surface area (Å²) >= 11 is 13.7. The van der Waals surface area contributed by atoms with Crippen LogP contribution in [-0.2, 0) is 28.6 Å². The lowest BCUT2D eigenvalue weighted by Gasteiger charge is -2.44. The number of hydrogen-bond acceptors (Lipinski definition) is 15. The molecule has 376 valence electrons. The van der Waals surface area contributed by atoms with E-state index in [-0.39, 0.29) is 100 Å². The molecule has 19 nitrogen and oxygen atoms in total. The number of ether oxygens (including phenoxy) is 4. The molecule has 3 aliphatic heterocycles. The van der Waals surface area contributed by atoms with Crippen molar-refractivity contribution < 1.29 is 56.9 Å². The molecular weight excluding hydrogens is 987 g/mol. The minimum Gasteiger partial charge on any atom is -0.482 e. The number of rotatable bonds is 20. The van der Waals surface area contributed by atoms with Crippen molar-refractivity contribution in [3.63, 3.8) is 0 Å². The van der Waals surface area contributed by atoms with Crippen molar-refractivity contribution in [3.8, 4) is 5.75 Å². The van der Waals surface area contributed by atoms with Gasteiger partial charge in [0.05, 0.1) is 62.2 Å². The summed E-state index contributed by atoms with van der Waals surface area (Å²) in [6.07, 6.45) is -0.574. The molecule has 3 aliphatic rings. The number of hydrogen-bond donors (Lipinski definition) is 3. The van der Waals surface area contributed by atoms with E-state index in [1.165, 1.54) is 23.9 Å². The molecule has 7 amide bonds. The molecule has 0 spiro atoms. The number of anilines is 2. The first-order chi connectivity index (χ1) is 34.0. The van der Waals surface area contributed by atoms with Gasteiger partial charge in [-0.2, -0.15) is 0 Å². The fourth-order valence-electron chi connectivity index (χ4n) is 8.45. The zero-order valence-electron chi connectivity index (χ0n) is 38.9. The third-order valence-electron chi connectivity index (χ3n) is 11.8. The third kappa shape index (κ3) is 12.5. The summed E-state index contributed by atoms with van der Waals surface area (Å²) in [4.78, 5) is 95.3. The number of piperazine rings is 1. The average molecular weight is 1040 g/mol. The molecule has 3 aromatic carbocycles. The highest BCUT2D eigenvalue weighted by atomic mass is 35.5. The first-order valence-corrected chi connectivity index (χ1v) is 24.4. The average Bonchev–Trinajstić information content (AvgIpc) is 3.59. The summed E-state index contributed by atoms with van der Waals surface area (Å²) in [5.74, 6) is -3.46. The van der Waals surface area contributed by atoms with Gasteiger partial charge in [0.25, 0.3) is 23.6 Å². The van der Waals surface area contributed by atoms with Crippen LogP contribution in [0.4, 0.5) is 15.9 Å². The second-order valence-corrected chi connectivity index (χ2v) is 18.7. The minimum atomic E-state index is -1.03. The van der Waals surface area contributed by atoms with E-state index >= 15 is 0 Å². The molecule has 0 saturated carbocycles. The molecule has 7 rings (SSSR count). The van der Waals surface area contributed by atoms with Crippen molar-refractivity contribution in [1.82, 2.24) is 30.2 Å². The number of nitrogen functional groups attached to an aromatic ring is 1. The second kappa shape index (κ2) is 23.8. The van der Waals surface area contributed by atoms with E-state index in [1.807, 2.05) is 13.8 Å². The number of amides is 7. The highest BCUT2D eigenvalue weighted by Crippen LogP contribution is 2.37. The van der Waals surface area contributed by atoms with Crippen LogP contribution in [0, 0.1) is 5.82 Å². The van der Waals surface area contributed by atoms with Crippen molar-refractivity contribution in [2.24, 2.45) is 0 Å². The van der Waals surface area contributed by atoms with Crippen molar-refractivity contribution in [3.05, 3.63) is 104 Å². The lowest BCUT2D eigenvalue weighted by Crippen LogP contribution is -2.59. The quantitative estimate of drug-likeness (QED) is 0.0423. The van der Waals surface area contributed by atoms with Gasteiger partial charge in [0.2, 0.25) is 17.7 Å². The van der Waals surface area contributed by atoms with Crippen LogP contribution in [0.3, 0.4) is 0 Å². The Labute approximate surface area is 422 Å². The van der Waals surface area contributed by atoms with Gasteiger partial charge in [-0.15, -0.1) is 22.0 Å². The summed E-state index contributed by atoms with van der Waals surface area (Å²) in [5, 5.41) is 12.6. The van der Waals surface area contributed by atoms with Gasteiger partial charge in [0.15, 0.2) is 17.3 Å². The van der Waals surface area contributed by atoms with Gasteiger partial charge in [-0.3, -0.25) is 43.8 Å². The number of carbonyl (C=O) groups is 7.